The van der Waals surface area contributed by atoms with Crippen LogP contribution in [0.25, 0.3) is 0 Å². The number of hydrogen-bond donors (Lipinski definition) is 1. The molecule has 0 amide bonds. The molecule has 3 heteroatoms. The molecule has 0 spiro atoms. The highest BCUT2D eigenvalue weighted by Crippen LogP contribution is 2.18. The van der Waals surface area contributed by atoms with Gasteiger partial charge in [-0.3, -0.25) is 0 Å². The van der Waals surface area contributed by atoms with Gasteiger partial charge in [-0.1, -0.05) is 38.1 Å². The molecule has 0 saturated carbocycles. The molecule has 2 rings (SSSR count). The van der Waals surface area contributed by atoms with Gasteiger partial charge < -0.3 is 9.67 Å². The molecule has 1 aromatic heterocycles. The van der Waals surface area contributed by atoms with E-state index in [9.17, 15) is 5.11 Å². The Bertz CT molecular complexity index is 555. The molecular weight excluding hydrogens is 248 g/mol. The van der Waals surface area contributed by atoms with Gasteiger partial charge in [0.1, 0.15) is 0 Å². The minimum absolute atomic E-state index is 0.490. The van der Waals surface area contributed by atoms with Crippen molar-refractivity contribution in [2.75, 3.05) is 0 Å². The van der Waals surface area contributed by atoms with E-state index in [4.69, 9.17) is 0 Å². The van der Waals surface area contributed by atoms with Gasteiger partial charge in [0.15, 0.2) is 0 Å². The van der Waals surface area contributed by atoms with Crippen LogP contribution in [0.15, 0.2) is 30.6 Å². The molecule has 108 valence electrons. The number of hydrogen-bond acceptors (Lipinski definition) is 2. The number of aliphatic hydroxyl groups is 1. The first-order chi connectivity index (χ1) is 9.47. The van der Waals surface area contributed by atoms with Gasteiger partial charge in [0, 0.05) is 5.69 Å². The highest BCUT2D eigenvalue weighted by molar-refractivity contribution is 5.24. The Balaban J connectivity index is 2.05. The smallest absolute Gasteiger partial charge is 0.0969 e. The minimum Gasteiger partial charge on any atom is -0.387 e. The molecule has 0 aliphatic rings. The summed E-state index contributed by atoms with van der Waals surface area (Å²) >= 11 is 0. The second kappa shape index (κ2) is 6.23. The number of imidazole rings is 1. The van der Waals surface area contributed by atoms with Crippen LogP contribution in [0.3, 0.4) is 0 Å². The second-order valence-corrected chi connectivity index (χ2v) is 5.92. The first-order valence-corrected chi connectivity index (χ1v) is 7.22. The fraction of sp³-hybridized carbons (Fsp3) is 0.471. The summed E-state index contributed by atoms with van der Waals surface area (Å²) in [4.78, 5) is 4.26. The van der Waals surface area contributed by atoms with Crippen LogP contribution >= 0.6 is 0 Å². The van der Waals surface area contributed by atoms with Gasteiger partial charge in [-0.15, -0.1) is 0 Å². The van der Waals surface area contributed by atoms with Crippen molar-refractivity contribution in [3.63, 3.8) is 0 Å². The quantitative estimate of drug-likeness (QED) is 0.905. The van der Waals surface area contributed by atoms with Gasteiger partial charge in [-0.05, 0) is 37.3 Å². The highest BCUT2D eigenvalue weighted by atomic mass is 16.3. The van der Waals surface area contributed by atoms with E-state index in [1.807, 2.05) is 30.5 Å². The summed E-state index contributed by atoms with van der Waals surface area (Å²) in [6.07, 6.45) is 2.38. The van der Waals surface area contributed by atoms with Crippen LogP contribution in [0.2, 0.25) is 0 Å². The Morgan fingerprint density at radius 3 is 2.30 bits per heavy atom. The average Bonchev–Trinajstić information content (AvgIpc) is 2.71. The third-order valence-electron chi connectivity index (χ3n) is 3.72. The number of benzene rings is 1. The molecular formula is C17H24N2O. The van der Waals surface area contributed by atoms with E-state index >= 15 is 0 Å². The minimum atomic E-state index is -0.490. The van der Waals surface area contributed by atoms with Crippen molar-refractivity contribution in [2.24, 2.45) is 5.92 Å². The number of aromatic nitrogens is 2. The molecule has 0 fully saturated rings. The van der Waals surface area contributed by atoms with Crippen LogP contribution in [0.4, 0.5) is 0 Å². The van der Waals surface area contributed by atoms with Gasteiger partial charge in [-0.25, -0.2) is 4.98 Å². The number of aliphatic hydroxyl groups excluding tert-OH is 1. The summed E-state index contributed by atoms with van der Waals surface area (Å²) in [5, 5.41) is 10.3. The monoisotopic (exact) mass is 272 g/mol. The fourth-order valence-corrected chi connectivity index (χ4v) is 2.37. The van der Waals surface area contributed by atoms with Crippen molar-refractivity contribution in [3.8, 4) is 0 Å². The molecule has 1 unspecified atom stereocenters. The second-order valence-electron chi connectivity index (χ2n) is 5.92. The van der Waals surface area contributed by atoms with Gasteiger partial charge in [0.25, 0.3) is 0 Å². The van der Waals surface area contributed by atoms with Crippen LogP contribution < -0.4 is 0 Å². The van der Waals surface area contributed by atoms with Gasteiger partial charge in [0.05, 0.1) is 24.7 Å². The van der Waals surface area contributed by atoms with Crippen molar-refractivity contribution in [1.29, 1.82) is 0 Å². The fourth-order valence-electron chi connectivity index (χ4n) is 2.37. The van der Waals surface area contributed by atoms with Crippen molar-refractivity contribution in [2.45, 2.75) is 46.8 Å². The zero-order chi connectivity index (χ0) is 14.7. The third kappa shape index (κ3) is 3.48. The van der Waals surface area contributed by atoms with Crippen LogP contribution in [0.5, 0.6) is 0 Å². The maximum absolute atomic E-state index is 10.3. The van der Waals surface area contributed by atoms with E-state index in [2.05, 4.69) is 31.0 Å². The zero-order valence-electron chi connectivity index (χ0n) is 12.8. The summed E-state index contributed by atoms with van der Waals surface area (Å²) in [7, 11) is 0. The van der Waals surface area contributed by atoms with E-state index < -0.39 is 6.10 Å². The van der Waals surface area contributed by atoms with Gasteiger partial charge in [-0.2, -0.15) is 0 Å². The Kier molecular flexibility index (Phi) is 4.61. The molecule has 1 atom stereocenters. The van der Waals surface area contributed by atoms with Crippen molar-refractivity contribution in [3.05, 3.63) is 53.1 Å². The Morgan fingerprint density at radius 1 is 1.15 bits per heavy atom. The lowest BCUT2D eigenvalue weighted by Gasteiger charge is -2.14. The predicted molar refractivity (Wildman–Crippen MR) is 81.6 cm³/mol. The molecule has 0 aliphatic heterocycles. The molecule has 2 aromatic rings. The highest BCUT2D eigenvalue weighted by Gasteiger charge is 2.11. The summed E-state index contributed by atoms with van der Waals surface area (Å²) in [6.45, 7) is 9.00. The lowest BCUT2D eigenvalue weighted by molar-refractivity contribution is 0.155. The van der Waals surface area contributed by atoms with Crippen molar-refractivity contribution >= 4 is 0 Å². The molecule has 0 saturated heterocycles. The number of rotatable bonds is 5. The van der Waals surface area contributed by atoms with Crippen molar-refractivity contribution < 1.29 is 5.11 Å². The molecule has 0 aliphatic carbocycles. The Morgan fingerprint density at radius 2 is 1.80 bits per heavy atom. The molecule has 1 N–H and O–H groups in total. The van der Waals surface area contributed by atoms with Crippen LogP contribution in [-0.2, 0) is 13.0 Å². The van der Waals surface area contributed by atoms with E-state index in [1.165, 1.54) is 5.56 Å². The zero-order valence-corrected chi connectivity index (χ0v) is 12.8. The third-order valence-corrected chi connectivity index (χ3v) is 3.72. The molecule has 1 heterocycles. The summed E-state index contributed by atoms with van der Waals surface area (Å²) in [5.74, 6) is 0.655. The molecule has 0 bridgehead atoms. The summed E-state index contributed by atoms with van der Waals surface area (Å²) in [5.41, 5.74) is 4.42. The van der Waals surface area contributed by atoms with Crippen molar-refractivity contribution in [1.82, 2.24) is 9.55 Å². The number of aryl methyl sites for hydroxylation is 1. The van der Waals surface area contributed by atoms with Crippen LogP contribution in [-0.4, -0.2) is 14.7 Å². The SMILES string of the molecule is Cc1ncn(CC(O)c2ccc(CC(C)C)cc2)c1C. The van der Waals surface area contributed by atoms with Gasteiger partial charge >= 0.3 is 0 Å². The lowest BCUT2D eigenvalue weighted by atomic mass is 10.0. The molecule has 1 aromatic carbocycles. The molecule has 20 heavy (non-hydrogen) atoms. The summed E-state index contributed by atoms with van der Waals surface area (Å²) < 4.78 is 2.00. The van der Waals surface area contributed by atoms with Crippen LogP contribution in [0.1, 0.15) is 42.5 Å². The standard InChI is InChI=1S/C17H24N2O/c1-12(2)9-15-5-7-16(8-6-15)17(20)10-19-11-18-13(3)14(19)4/h5-8,11-12,17,20H,9-10H2,1-4H3. The number of nitrogens with zero attached hydrogens (tertiary/aromatic N) is 2. The molecule has 3 nitrogen and oxygen atoms in total. The van der Waals surface area contributed by atoms with Gasteiger partial charge in [0.2, 0.25) is 0 Å². The Hall–Kier alpha value is -1.61. The maximum atomic E-state index is 10.3. The topological polar surface area (TPSA) is 38.0 Å². The maximum Gasteiger partial charge on any atom is 0.0969 e. The first kappa shape index (κ1) is 14.8. The van der Waals surface area contributed by atoms with E-state index in [0.29, 0.717) is 12.5 Å². The average molecular weight is 272 g/mol. The first-order valence-electron chi connectivity index (χ1n) is 7.22. The summed E-state index contributed by atoms with van der Waals surface area (Å²) in [6, 6.07) is 8.29. The van der Waals surface area contributed by atoms with E-state index in [0.717, 1.165) is 23.4 Å². The largest absolute Gasteiger partial charge is 0.387 e. The van der Waals surface area contributed by atoms with E-state index in [-0.39, 0.29) is 0 Å². The van der Waals surface area contributed by atoms with Crippen LogP contribution in [0, 0.1) is 19.8 Å². The Labute approximate surface area is 121 Å². The molecule has 0 radical (unpaired) electrons. The van der Waals surface area contributed by atoms with E-state index in [1.54, 1.807) is 6.33 Å². The lowest BCUT2D eigenvalue weighted by Crippen LogP contribution is -2.09. The normalized spacial score (nSPS) is 12.9. The predicted octanol–water partition coefficient (Wildman–Crippen LogP) is 3.43.